The van der Waals surface area contributed by atoms with Gasteiger partial charge in [-0.1, -0.05) is 35.9 Å². The Kier molecular flexibility index (Phi) is 3.39. The fourth-order valence-corrected chi connectivity index (χ4v) is 2.62. The summed E-state index contributed by atoms with van der Waals surface area (Å²) in [5.74, 6) is -0.496. The summed E-state index contributed by atoms with van der Waals surface area (Å²) < 4.78 is 0. The van der Waals surface area contributed by atoms with Crippen molar-refractivity contribution in [3.05, 3.63) is 64.2 Å². The Morgan fingerprint density at radius 2 is 1.90 bits per heavy atom. The number of halogens is 1. The Morgan fingerprint density at radius 1 is 1.14 bits per heavy atom. The molecule has 0 aliphatic carbocycles. The zero-order chi connectivity index (χ0) is 15.0. The number of anilines is 1. The molecule has 0 aromatic heterocycles. The van der Waals surface area contributed by atoms with Crippen LogP contribution in [0.25, 0.3) is 0 Å². The number of benzene rings is 2. The summed E-state index contributed by atoms with van der Waals surface area (Å²) >= 11 is 5.86. The summed E-state index contributed by atoms with van der Waals surface area (Å²) in [6.45, 7) is 0.162. The Labute approximate surface area is 127 Å². The topological polar surface area (TPSA) is 63.4 Å². The largest absolute Gasteiger partial charge is 0.398 e. The summed E-state index contributed by atoms with van der Waals surface area (Å²) in [4.78, 5) is 25.9. The quantitative estimate of drug-likeness (QED) is 0.685. The van der Waals surface area contributed by atoms with Crippen LogP contribution in [0.4, 0.5) is 5.69 Å². The van der Waals surface area contributed by atoms with Gasteiger partial charge in [0.2, 0.25) is 5.91 Å². The molecule has 0 unspecified atom stereocenters. The predicted molar refractivity (Wildman–Crippen MR) is 80.9 cm³/mol. The van der Waals surface area contributed by atoms with Crippen molar-refractivity contribution in [3.8, 4) is 0 Å². The van der Waals surface area contributed by atoms with Crippen molar-refractivity contribution in [1.82, 2.24) is 4.90 Å². The van der Waals surface area contributed by atoms with Crippen molar-refractivity contribution in [2.45, 2.75) is 13.0 Å². The molecule has 1 heterocycles. The number of nitrogen functional groups attached to an aromatic ring is 1. The van der Waals surface area contributed by atoms with E-state index in [1.54, 1.807) is 36.4 Å². The standard InChI is InChI=1S/C16H13ClN2O2/c17-12-6-5-11(14(18)8-12)9-19-15(20)7-10-3-1-2-4-13(10)16(19)21/h1-6,8H,7,9,18H2. The fraction of sp³-hybridized carbons (Fsp3) is 0.125. The Morgan fingerprint density at radius 3 is 2.67 bits per heavy atom. The molecule has 0 bridgehead atoms. The van der Waals surface area contributed by atoms with Gasteiger partial charge in [0.1, 0.15) is 0 Å². The molecule has 0 radical (unpaired) electrons. The predicted octanol–water partition coefficient (Wildman–Crippen LogP) is 2.65. The summed E-state index contributed by atoms with van der Waals surface area (Å²) in [6.07, 6.45) is 0.232. The molecule has 0 fully saturated rings. The number of amides is 2. The van der Waals surface area contributed by atoms with E-state index in [1.165, 1.54) is 4.90 Å². The van der Waals surface area contributed by atoms with Gasteiger partial charge >= 0.3 is 0 Å². The molecule has 0 saturated heterocycles. The van der Waals surface area contributed by atoms with E-state index >= 15 is 0 Å². The minimum Gasteiger partial charge on any atom is -0.398 e. The van der Waals surface area contributed by atoms with Gasteiger partial charge in [0, 0.05) is 16.3 Å². The van der Waals surface area contributed by atoms with Crippen LogP contribution in [-0.4, -0.2) is 16.7 Å². The molecule has 4 nitrogen and oxygen atoms in total. The number of nitrogens with zero attached hydrogens (tertiary/aromatic N) is 1. The number of nitrogens with two attached hydrogens (primary N) is 1. The Bertz CT molecular complexity index is 743. The minimum absolute atomic E-state index is 0.162. The average Bonchev–Trinajstić information content (AvgIpc) is 2.45. The molecule has 106 valence electrons. The van der Waals surface area contributed by atoms with Crippen molar-refractivity contribution in [1.29, 1.82) is 0 Å². The van der Waals surface area contributed by atoms with Crippen LogP contribution in [0.15, 0.2) is 42.5 Å². The number of hydrogen-bond donors (Lipinski definition) is 1. The molecule has 2 N–H and O–H groups in total. The summed E-state index contributed by atoms with van der Waals surface area (Å²) in [7, 11) is 0. The Hall–Kier alpha value is -2.33. The van der Waals surface area contributed by atoms with Crippen LogP contribution in [0, 0.1) is 0 Å². The molecule has 0 spiro atoms. The maximum absolute atomic E-state index is 12.4. The van der Waals surface area contributed by atoms with Crippen molar-refractivity contribution in [2.24, 2.45) is 0 Å². The highest BCUT2D eigenvalue weighted by molar-refractivity contribution is 6.30. The number of carbonyl (C=O) groups is 2. The van der Waals surface area contributed by atoms with Gasteiger partial charge in [0.15, 0.2) is 0 Å². The number of fused-ring (bicyclic) bond motifs is 1. The number of carbonyl (C=O) groups excluding carboxylic acids is 2. The molecular weight excluding hydrogens is 288 g/mol. The summed E-state index contributed by atoms with van der Waals surface area (Å²) in [6, 6.07) is 12.2. The summed E-state index contributed by atoms with van der Waals surface area (Å²) in [5, 5.41) is 0.526. The lowest BCUT2D eigenvalue weighted by atomic mass is 9.98. The molecule has 5 heteroatoms. The van der Waals surface area contributed by atoms with Gasteiger partial charge in [-0.25, -0.2) is 0 Å². The van der Waals surface area contributed by atoms with Crippen LogP contribution in [0.5, 0.6) is 0 Å². The van der Waals surface area contributed by atoms with E-state index in [2.05, 4.69) is 0 Å². The second-order valence-corrected chi connectivity index (χ2v) is 5.40. The lowest BCUT2D eigenvalue weighted by molar-refractivity contribution is -0.128. The minimum atomic E-state index is -0.281. The van der Waals surface area contributed by atoms with E-state index in [0.29, 0.717) is 21.8 Å². The van der Waals surface area contributed by atoms with Gasteiger partial charge in [-0.3, -0.25) is 14.5 Å². The van der Waals surface area contributed by atoms with Crippen molar-refractivity contribution in [3.63, 3.8) is 0 Å². The van der Waals surface area contributed by atoms with Gasteiger partial charge < -0.3 is 5.73 Å². The van der Waals surface area contributed by atoms with Gasteiger partial charge in [-0.15, -0.1) is 0 Å². The maximum atomic E-state index is 12.4. The SMILES string of the molecule is Nc1cc(Cl)ccc1CN1C(=O)Cc2ccccc2C1=O. The zero-order valence-corrected chi connectivity index (χ0v) is 11.9. The van der Waals surface area contributed by atoms with E-state index in [9.17, 15) is 9.59 Å². The first-order valence-electron chi connectivity index (χ1n) is 6.53. The van der Waals surface area contributed by atoms with Crippen LogP contribution < -0.4 is 5.73 Å². The monoisotopic (exact) mass is 300 g/mol. The fourth-order valence-electron chi connectivity index (χ4n) is 2.44. The second kappa shape index (κ2) is 5.22. The third-order valence-electron chi connectivity index (χ3n) is 3.57. The van der Waals surface area contributed by atoms with E-state index in [0.717, 1.165) is 5.56 Å². The number of hydrogen-bond acceptors (Lipinski definition) is 3. The van der Waals surface area contributed by atoms with Crippen LogP contribution in [0.3, 0.4) is 0 Å². The first kappa shape index (κ1) is 13.6. The van der Waals surface area contributed by atoms with Gasteiger partial charge in [0.05, 0.1) is 13.0 Å². The molecular formula is C16H13ClN2O2. The molecule has 2 aromatic carbocycles. The molecule has 1 aliphatic heterocycles. The number of rotatable bonds is 2. The van der Waals surface area contributed by atoms with Gasteiger partial charge in [-0.2, -0.15) is 0 Å². The first-order valence-corrected chi connectivity index (χ1v) is 6.90. The highest BCUT2D eigenvalue weighted by atomic mass is 35.5. The lowest BCUT2D eigenvalue weighted by Crippen LogP contribution is -2.41. The third kappa shape index (κ3) is 2.50. The van der Waals surface area contributed by atoms with Crippen molar-refractivity contribution >= 4 is 29.1 Å². The molecule has 0 atom stereocenters. The third-order valence-corrected chi connectivity index (χ3v) is 3.81. The van der Waals surface area contributed by atoms with Crippen LogP contribution in [-0.2, 0) is 17.8 Å². The van der Waals surface area contributed by atoms with E-state index < -0.39 is 0 Å². The van der Waals surface area contributed by atoms with Crippen molar-refractivity contribution < 1.29 is 9.59 Å². The normalized spacial score (nSPS) is 14.2. The highest BCUT2D eigenvalue weighted by Crippen LogP contribution is 2.24. The van der Waals surface area contributed by atoms with E-state index in [1.807, 2.05) is 6.07 Å². The van der Waals surface area contributed by atoms with E-state index in [-0.39, 0.29) is 24.8 Å². The highest BCUT2D eigenvalue weighted by Gasteiger charge is 2.30. The average molecular weight is 301 g/mol. The molecule has 1 aliphatic rings. The summed E-state index contributed by atoms with van der Waals surface area (Å²) in [5.41, 5.74) is 8.42. The van der Waals surface area contributed by atoms with Gasteiger partial charge in [-0.05, 0) is 29.3 Å². The molecule has 2 aromatic rings. The van der Waals surface area contributed by atoms with Crippen LogP contribution in [0.2, 0.25) is 5.02 Å². The number of imide groups is 1. The van der Waals surface area contributed by atoms with E-state index in [4.69, 9.17) is 17.3 Å². The van der Waals surface area contributed by atoms with Crippen LogP contribution in [0.1, 0.15) is 21.5 Å². The smallest absolute Gasteiger partial charge is 0.261 e. The molecule has 21 heavy (non-hydrogen) atoms. The first-order chi connectivity index (χ1) is 10.1. The lowest BCUT2D eigenvalue weighted by Gasteiger charge is -2.27. The molecule has 0 saturated carbocycles. The Balaban J connectivity index is 1.93. The van der Waals surface area contributed by atoms with Gasteiger partial charge in [0.25, 0.3) is 5.91 Å². The maximum Gasteiger partial charge on any atom is 0.261 e. The molecule has 3 rings (SSSR count). The van der Waals surface area contributed by atoms with Crippen molar-refractivity contribution in [2.75, 3.05) is 5.73 Å². The second-order valence-electron chi connectivity index (χ2n) is 4.96. The molecule has 2 amide bonds. The van der Waals surface area contributed by atoms with Crippen LogP contribution >= 0.6 is 11.6 Å². The zero-order valence-electron chi connectivity index (χ0n) is 11.2.